The highest BCUT2D eigenvalue weighted by molar-refractivity contribution is 5.71. The third-order valence-corrected chi connectivity index (χ3v) is 3.21. The van der Waals surface area contributed by atoms with E-state index in [0.717, 1.165) is 17.5 Å². The molecule has 0 aliphatic rings. The van der Waals surface area contributed by atoms with Crippen LogP contribution in [0.2, 0.25) is 0 Å². The van der Waals surface area contributed by atoms with E-state index >= 15 is 0 Å². The van der Waals surface area contributed by atoms with Gasteiger partial charge in [0.1, 0.15) is 0 Å². The van der Waals surface area contributed by atoms with Gasteiger partial charge in [0.25, 0.3) is 0 Å². The summed E-state index contributed by atoms with van der Waals surface area (Å²) in [5.41, 5.74) is 12.2. The number of aryl methyl sites for hydroxylation is 1. The zero-order valence-corrected chi connectivity index (χ0v) is 11.3. The quantitative estimate of drug-likeness (QED) is 0.865. The minimum absolute atomic E-state index is 0.580. The normalized spacial score (nSPS) is 10.2. The predicted molar refractivity (Wildman–Crippen MR) is 83.7 cm³/mol. The molecule has 0 heterocycles. The van der Waals surface area contributed by atoms with Crippen molar-refractivity contribution in [3.63, 3.8) is 0 Å². The molecule has 0 aliphatic carbocycles. The van der Waals surface area contributed by atoms with Gasteiger partial charge in [0.05, 0.1) is 0 Å². The summed E-state index contributed by atoms with van der Waals surface area (Å²) < 4.78 is 0. The number of hydrogen-bond donors (Lipinski definition) is 1. The van der Waals surface area contributed by atoms with Crippen LogP contribution < -0.4 is 5.73 Å². The Labute approximate surface area is 115 Å². The monoisotopic (exact) mass is 249 g/mol. The van der Waals surface area contributed by atoms with Crippen molar-refractivity contribution in [2.24, 2.45) is 5.73 Å². The predicted octanol–water partition coefficient (Wildman–Crippen LogP) is 4.16. The zero-order chi connectivity index (χ0) is 13.8. The van der Waals surface area contributed by atoms with Gasteiger partial charge in [0.2, 0.25) is 0 Å². The average molecular weight is 249 g/mol. The molecule has 0 amide bonds. The van der Waals surface area contributed by atoms with Crippen molar-refractivity contribution in [3.05, 3.63) is 83.4 Å². The number of rotatable bonds is 4. The van der Waals surface area contributed by atoms with Gasteiger partial charge in [-0.1, -0.05) is 67.3 Å². The SMILES string of the molecule is C=Cc1cc(Cc2ccc(C)cc2)ccc1C(=C)N. The highest BCUT2D eigenvalue weighted by Gasteiger charge is 2.03. The topological polar surface area (TPSA) is 26.0 Å². The first kappa shape index (κ1) is 13.2. The number of nitrogens with two attached hydrogens (primary N) is 1. The Morgan fingerprint density at radius 3 is 2.32 bits per heavy atom. The molecule has 0 atom stereocenters. The van der Waals surface area contributed by atoms with E-state index < -0.39 is 0 Å². The summed E-state index contributed by atoms with van der Waals surface area (Å²) in [6.45, 7) is 9.72. The molecule has 0 bridgehead atoms. The summed E-state index contributed by atoms with van der Waals surface area (Å²) in [5, 5.41) is 0. The van der Waals surface area contributed by atoms with Crippen molar-refractivity contribution < 1.29 is 0 Å². The second kappa shape index (κ2) is 5.57. The van der Waals surface area contributed by atoms with E-state index in [1.54, 1.807) is 0 Å². The lowest BCUT2D eigenvalue weighted by Gasteiger charge is -2.09. The van der Waals surface area contributed by atoms with Crippen LogP contribution in [0.5, 0.6) is 0 Å². The highest BCUT2D eigenvalue weighted by Crippen LogP contribution is 2.19. The van der Waals surface area contributed by atoms with Gasteiger partial charge in [-0.25, -0.2) is 0 Å². The molecular formula is C18H19N. The van der Waals surface area contributed by atoms with E-state index in [1.807, 2.05) is 12.1 Å². The summed E-state index contributed by atoms with van der Waals surface area (Å²) in [5.74, 6) is 0. The summed E-state index contributed by atoms with van der Waals surface area (Å²) in [6, 6.07) is 14.8. The fourth-order valence-electron chi connectivity index (χ4n) is 2.13. The average Bonchev–Trinajstić information content (AvgIpc) is 2.41. The Morgan fingerprint density at radius 2 is 1.74 bits per heavy atom. The lowest BCUT2D eigenvalue weighted by molar-refractivity contribution is 1.18. The van der Waals surface area contributed by atoms with E-state index in [2.05, 4.69) is 56.5 Å². The lowest BCUT2D eigenvalue weighted by Crippen LogP contribution is -1.98. The Bertz CT molecular complexity index is 606. The van der Waals surface area contributed by atoms with Crippen LogP contribution in [-0.2, 0) is 6.42 Å². The van der Waals surface area contributed by atoms with Crippen molar-refractivity contribution >= 4 is 11.8 Å². The molecule has 19 heavy (non-hydrogen) atoms. The van der Waals surface area contributed by atoms with Crippen LogP contribution in [0.3, 0.4) is 0 Å². The minimum Gasteiger partial charge on any atom is -0.399 e. The first-order valence-electron chi connectivity index (χ1n) is 6.36. The molecule has 0 aliphatic heterocycles. The van der Waals surface area contributed by atoms with E-state index in [-0.39, 0.29) is 0 Å². The molecule has 0 spiro atoms. The Kier molecular flexibility index (Phi) is 3.86. The number of hydrogen-bond acceptors (Lipinski definition) is 1. The van der Waals surface area contributed by atoms with Crippen molar-refractivity contribution in [2.75, 3.05) is 0 Å². The second-order valence-corrected chi connectivity index (χ2v) is 4.81. The molecule has 0 radical (unpaired) electrons. The zero-order valence-electron chi connectivity index (χ0n) is 11.3. The molecule has 1 nitrogen and oxygen atoms in total. The minimum atomic E-state index is 0.580. The highest BCUT2D eigenvalue weighted by atomic mass is 14.6. The maximum atomic E-state index is 5.77. The van der Waals surface area contributed by atoms with Gasteiger partial charge >= 0.3 is 0 Å². The summed E-state index contributed by atoms with van der Waals surface area (Å²) in [4.78, 5) is 0. The maximum Gasteiger partial charge on any atom is 0.0320 e. The Morgan fingerprint density at radius 1 is 1.11 bits per heavy atom. The van der Waals surface area contributed by atoms with E-state index in [1.165, 1.54) is 16.7 Å². The van der Waals surface area contributed by atoms with Crippen LogP contribution in [0.1, 0.15) is 27.8 Å². The van der Waals surface area contributed by atoms with Crippen molar-refractivity contribution in [3.8, 4) is 0 Å². The van der Waals surface area contributed by atoms with Crippen LogP contribution in [0.25, 0.3) is 11.8 Å². The fraction of sp³-hybridized carbons (Fsp3) is 0.111. The van der Waals surface area contributed by atoms with Gasteiger partial charge in [0, 0.05) is 11.3 Å². The van der Waals surface area contributed by atoms with E-state index in [0.29, 0.717) is 5.70 Å². The molecule has 2 aromatic rings. The van der Waals surface area contributed by atoms with Crippen molar-refractivity contribution in [1.82, 2.24) is 0 Å². The van der Waals surface area contributed by atoms with Crippen molar-refractivity contribution in [1.29, 1.82) is 0 Å². The van der Waals surface area contributed by atoms with E-state index in [9.17, 15) is 0 Å². The first-order valence-corrected chi connectivity index (χ1v) is 6.36. The summed E-state index contributed by atoms with van der Waals surface area (Å²) >= 11 is 0. The van der Waals surface area contributed by atoms with Crippen LogP contribution in [0.4, 0.5) is 0 Å². The van der Waals surface area contributed by atoms with Crippen LogP contribution in [-0.4, -0.2) is 0 Å². The van der Waals surface area contributed by atoms with E-state index in [4.69, 9.17) is 5.73 Å². The van der Waals surface area contributed by atoms with Crippen molar-refractivity contribution in [2.45, 2.75) is 13.3 Å². The molecule has 0 unspecified atom stereocenters. The molecule has 96 valence electrons. The second-order valence-electron chi connectivity index (χ2n) is 4.81. The van der Waals surface area contributed by atoms with Gasteiger partial charge in [-0.15, -0.1) is 0 Å². The third-order valence-electron chi connectivity index (χ3n) is 3.21. The van der Waals surface area contributed by atoms with Gasteiger partial charge < -0.3 is 5.73 Å². The largest absolute Gasteiger partial charge is 0.399 e. The van der Waals surface area contributed by atoms with Gasteiger partial charge in [-0.2, -0.15) is 0 Å². The number of benzene rings is 2. The Hall–Kier alpha value is -2.28. The first-order chi connectivity index (χ1) is 9.10. The lowest BCUT2D eigenvalue weighted by atomic mass is 9.98. The van der Waals surface area contributed by atoms with Gasteiger partial charge in [-0.05, 0) is 30.0 Å². The molecule has 0 aromatic heterocycles. The molecule has 2 rings (SSSR count). The van der Waals surface area contributed by atoms with Gasteiger partial charge in [0.15, 0.2) is 0 Å². The standard InChI is InChI=1S/C18H19N/c1-4-17-12-16(9-10-18(17)14(3)19)11-15-7-5-13(2)6-8-15/h4-10,12H,1,3,11,19H2,2H3. The Balaban J connectivity index is 2.29. The van der Waals surface area contributed by atoms with Gasteiger partial charge in [-0.3, -0.25) is 0 Å². The molecule has 1 heteroatoms. The third kappa shape index (κ3) is 3.14. The molecule has 2 N–H and O–H groups in total. The van der Waals surface area contributed by atoms with Crippen LogP contribution in [0, 0.1) is 6.92 Å². The molecule has 0 fully saturated rings. The molecular weight excluding hydrogens is 230 g/mol. The van der Waals surface area contributed by atoms with Crippen LogP contribution >= 0.6 is 0 Å². The molecule has 2 aromatic carbocycles. The maximum absolute atomic E-state index is 5.77. The van der Waals surface area contributed by atoms with Crippen LogP contribution in [0.15, 0.2) is 55.6 Å². The fourth-order valence-corrected chi connectivity index (χ4v) is 2.13. The molecule has 0 saturated carbocycles. The summed E-state index contributed by atoms with van der Waals surface area (Å²) in [7, 11) is 0. The molecule has 0 saturated heterocycles. The smallest absolute Gasteiger partial charge is 0.0320 e. The summed E-state index contributed by atoms with van der Waals surface area (Å²) in [6.07, 6.45) is 2.74.